The lowest BCUT2D eigenvalue weighted by Crippen LogP contribution is -2.41. The van der Waals surface area contributed by atoms with Crippen LogP contribution >= 0.6 is 18.2 Å². The summed E-state index contributed by atoms with van der Waals surface area (Å²) >= 11 is 5.31. The predicted molar refractivity (Wildman–Crippen MR) is 106 cm³/mol. The van der Waals surface area contributed by atoms with E-state index in [-0.39, 0.29) is 12.6 Å². The summed E-state index contributed by atoms with van der Waals surface area (Å²) in [6.07, 6.45) is 3.78. The van der Waals surface area contributed by atoms with E-state index in [1.165, 1.54) is 0 Å². The first kappa shape index (κ1) is 21.0. The molecule has 1 saturated carbocycles. The zero-order valence-electron chi connectivity index (χ0n) is 15.3. The van der Waals surface area contributed by atoms with Crippen molar-refractivity contribution in [2.24, 2.45) is 0 Å². The third kappa shape index (κ3) is 5.90. The van der Waals surface area contributed by atoms with Crippen molar-refractivity contribution in [1.82, 2.24) is 5.06 Å². The molecule has 0 spiro atoms. The summed E-state index contributed by atoms with van der Waals surface area (Å²) in [4.78, 5) is 28.2. The van der Waals surface area contributed by atoms with Crippen LogP contribution in [-0.2, 0) is 25.3 Å². The molecule has 0 amide bonds. The van der Waals surface area contributed by atoms with Crippen LogP contribution in [0.15, 0.2) is 60.7 Å². The highest BCUT2D eigenvalue weighted by molar-refractivity contribution is 7.80. The molecular weight excluding hydrogens is 401 g/mol. The Balaban J connectivity index is 1.90. The van der Waals surface area contributed by atoms with Gasteiger partial charge in [-0.1, -0.05) is 73.5 Å². The maximum Gasteiger partial charge on any atom is 0.476 e. The van der Waals surface area contributed by atoms with Gasteiger partial charge in [-0.25, -0.2) is 9.36 Å². The minimum absolute atomic E-state index is 0.00475. The first-order chi connectivity index (χ1) is 13.4. The van der Waals surface area contributed by atoms with Crippen molar-refractivity contribution in [3.8, 4) is 0 Å². The molecule has 0 radical (unpaired) electrons. The molecule has 8 heteroatoms. The lowest BCUT2D eigenvalue weighted by atomic mass is 10.0. The molecule has 3 rings (SSSR count). The molecule has 1 unspecified atom stereocenters. The number of carbonyl (C=O) groups excluding carboxylic acids is 1. The summed E-state index contributed by atoms with van der Waals surface area (Å²) in [5, 5.41) is 1.62. The van der Waals surface area contributed by atoms with Crippen molar-refractivity contribution < 1.29 is 23.6 Å². The largest absolute Gasteiger partial charge is 0.476 e. The van der Waals surface area contributed by atoms with Crippen LogP contribution in [-0.4, -0.2) is 22.0 Å². The SMILES string of the molecule is O=C(OP(=O)(O)Cl)[C@H](c1ccccc1)N(OCc1ccccc1)C1CCCC1. The number of halogens is 1. The summed E-state index contributed by atoms with van der Waals surface area (Å²) in [6.45, 7) is -4.23. The van der Waals surface area contributed by atoms with Gasteiger partial charge in [0.05, 0.1) is 6.61 Å². The van der Waals surface area contributed by atoms with Crippen LogP contribution in [0.5, 0.6) is 0 Å². The Kier molecular flexibility index (Phi) is 7.27. The number of nitrogens with zero attached hydrogens (tertiary/aromatic N) is 1. The third-order valence-corrected chi connectivity index (χ3v) is 5.32. The van der Waals surface area contributed by atoms with E-state index < -0.39 is 19.0 Å². The van der Waals surface area contributed by atoms with E-state index in [4.69, 9.17) is 16.1 Å². The average molecular weight is 424 g/mol. The molecule has 1 aliphatic rings. The van der Waals surface area contributed by atoms with E-state index in [0.717, 1.165) is 31.2 Å². The monoisotopic (exact) mass is 423 g/mol. The van der Waals surface area contributed by atoms with Gasteiger partial charge < -0.3 is 9.42 Å². The van der Waals surface area contributed by atoms with Crippen LogP contribution in [0.3, 0.4) is 0 Å². The van der Waals surface area contributed by atoms with Gasteiger partial charge in [0.15, 0.2) is 6.04 Å². The van der Waals surface area contributed by atoms with Gasteiger partial charge in [-0.15, -0.1) is 0 Å². The Labute approximate surface area is 169 Å². The minimum atomic E-state index is -4.50. The van der Waals surface area contributed by atoms with Gasteiger partial charge in [-0.3, -0.25) is 4.84 Å². The zero-order valence-corrected chi connectivity index (χ0v) is 17.0. The second-order valence-corrected chi connectivity index (χ2v) is 9.10. The normalized spacial score (nSPS) is 18.0. The van der Waals surface area contributed by atoms with E-state index in [9.17, 15) is 14.3 Å². The Morgan fingerprint density at radius 3 is 2.25 bits per heavy atom. The van der Waals surface area contributed by atoms with Gasteiger partial charge >= 0.3 is 12.9 Å². The van der Waals surface area contributed by atoms with Crippen molar-refractivity contribution >= 4 is 24.2 Å². The lowest BCUT2D eigenvalue weighted by molar-refractivity contribution is -0.227. The van der Waals surface area contributed by atoms with Crippen molar-refractivity contribution in [1.29, 1.82) is 0 Å². The zero-order chi connectivity index (χ0) is 20.0. The van der Waals surface area contributed by atoms with Crippen molar-refractivity contribution in [2.45, 2.75) is 44.4 Å². The number of rotatable bonds is 8. The molecular formula is C20H23ClNO5P. The predicted octanol–water partition coefficient (Wildman–Crippen LogP) is 4.99. The molecule has 0 aliphatic heterocycles. The fourth-order valence-electron chi connectivity index (χ4n) is 3.46. The topological polar surface area (TPSA) is 76.1 Å². The molecule has 1 aliphatic carbocycles. The number of hydrogen-bond acceptors (Lipinski definition) is 5. The van der Waals surface area contributed by atoms with Crippen molar-refractivity contribution in [3.05, 3.63) is 71.8 Å². The smallest absolute Gasteiger partial charge is 0.379 e. The molecule has 0 saturated heterocycles. The van der Waals surface area contributed by atoms with E-state index in [1.807, 2.05) is 36.4 Å². The van der Waals surface area contributed by atoms with Crippen LogP contribution in [0, 0.1) is 0 Å². The molecule has 150 valence electrons. The Bertz CT molecular complexity index is 808. The van der Waals surface area contributed by atoms with Gasteiger partial charge in [0.2, 0.25) is 0 Å². The van der Waals surface area contributed by atoms with Gasteiger partial charge in [0.1, 0.15) is 0 Å². The van der Waals surface area contributed by atoms with E-state index in [0.29, 0.717) is 5.56 Å². The molecule has 1 fully saturated rings. The molecule has 1 N–H and O–H groups in total. The highest BCUT2D eigenvalue weighted by atomic mass is 35.7. The standard InChI is InChI=1S/C20H23ClNO5P/c21-28(24,25)27-20(23)19(17-11-5-2-6-12-17)22(18-13-7-8-14-18)26-15-16-9-3-1-4-10-16/h1-6,9-12,18-19H,7-8,13-15H2,(H,24,25)/t19-/m0/s1. The molecule has 0 bridgehead atoms. The molecule has 0 aromatic heterocycles. The second kappa shape index (κ2) is 9.68. The van der Waals surface area contributed by atoms with Crippen LogP contribution in [0.25, 0.3) is 0 Å². The molecule has 2 aromatic carbocycles. The van der Waals surface area contributed by atoms with Gasteiger partial charge in [0.25, 0.3) is 0 Å². The van der Waals surface area contributed by atoms with E-state index in [2.05, 4.69) is 4.52 Å². The van der Waals surface area contributed by atoms with Crippen LogP contribution in [0.2, 0.25) is 0 Å². The molecule has 2 atom stereocenters. The molecule has 2 aromatic rings. The number of hydrogen-bond donors (Lipinski definition) is 1. The van der Waals surface area contributed by atoms with E-state index in [1.54, 1.807) is 29.3 Å². The van der Waals surface area contributed by atoms with Crippen molar-refractivity contribution in [3.63, 3.8) is 0 Å². The summed E-state index contributed by atoms with van der Waals surface area (Å²) in [5.74, 6) is -0.910. The molecule has 0 heterocycles. The highest BCUT2D eigenvalue weighted by Crippen LogP contribution is 2.49. The highest BCUT2D eigenvalue weighted by Gasteiger charge is 2.39. The van der Waals surface area contributed by atoms with Gasteiger partial charge in [0, 0.05) is 17.3 Å². The van der Waals surface area contributed by atoms with Crippen LogP contribution in [0.1, 0.15) is 42.9 Å². The maximum atomic E-state index is 12.8. The number of carbonyl (C=O) groups is 1. The first-order valence-corrected chi connectivity index (χ1v) is 11.7. The number of hydroxylamine groups is 2. The summed E-state index contributed by atoms with van der Waals surface area (Å²) in [5.41, 5.74) is 1.56. The molecule has 6 nitrogen and oxygen atoms in total. The minimum Gasteiger partial charge on any atom is -0.379 e. The third-order valence-electron chi connectivity index (χ3n) is 4.70. The average Bonchev–Trinajstić information content (AvgIpc) is 3.19. The number of benzene rings is 2. The van der Waals surface area contributed by atoms with Crippen LogP contribution < -0.4 is 0 Å². The van der Waals surface area contributed by atoms with Crippen molar-refractivity contribution in [2.75, 3.05) is 0 Å². The summed E-state index contributed by atoms with van der Waals surface area (Å²) in [7, 11) is 0. The maximum absolute atomic E-state index is 12.8. The van der Waals surface area contributed by atoms with Gasteiger partial charge in [-0.05, 0) is 24.0 Å². The molecule has 28 heavy (non-hydrogen) atoms. The van der Waals surface area contributed by atoms with Gasteiger partial charge in [-0.2, -0.15) is 5.06 Å². The first-order valence-electron chi connectivity index (χ1n) is 9.20. The Morgan fingerprint density at radius 2 is 1.68 bits per heavy atom. The fraction of sp³-hybridized carbons (Fsp3) is 0.350. The van der Waals surface area contributed by atoms with Crippen LogP contribution in [0.4, 0.5) is 0 Å². The fourth-order valence-corrected chi connectivity index (χ4v) is 3.98. The second-order valence-electron chi connectivity index (χ2n) is 6.73. The quantitative estimate of drug-likeness (QED) is 0.476. The summed E-state index contributed by atoms with van der Waals surface area (Å²) < 4.78 is 16.2. The summed E-state index contributed by atoms with van der Waals surface area (Å²) in [6, 6.07) is 17.5. The Morgan fingerprint density at radius 1 is 1.11 bits per heavy atom. The Hall–Kier alpha value is -1.69. The lowest BCUT2D eigenvalue weighted by Gasteiger charge is -2.34. The van der Waals surface area contributed by atoms with E-state index >= 15 is 0 Å².